The van der Waals surface area contributed by atoms with Crippen LogP contribution in [-0.2, 0) is 14.9 Å². The fourth-order valence-electron chi connectivity index (χ4n) is 5.25. The highest BCUT2D eigenvalue weighted by Crippen LogP contribution is 2.44. The molecule has 1 fully saturated rings. The minimum Gasteiger partial charge on any atom is -0.481 e. The van der Waals surface area contributed by atoms with Gasteiger partial charge in [-0.15, -0.1) is 0 Å². The standard InChI is InChI=1S/C28H27NO4/c1-19-10-12-20(13-11-19)28(26(30)31)14-16-29(17-15-28)27(32)33-18-25-23-8-4-2-6-21(23)22-7-3-5-9-24(22)25/h2-13,25H,14-18H2,1H3,(H,30,31). The molecule has 1 heterocycles. The maximum absolute atomic E-state index is 12.9. The van der Waals surface area contributed by atoms with Crippen LogP contribution in [0.5, 0.6) is 0 Å². The number of benzene rings is 3. The molecular weight excluding hydrogens is 414 g/mol. The second kappa shape index (κ2) is 8.39. The SMILES string of the molecule is Cc1ccc(C2(C(=O)O)CCN(C(=O)OCC3c4ccccc4-c4ccccc43)CC2)cc1. The average Bonchev–Trinajstić information content (AvgIpc) is 3.16. The monoisotopic (exact) mass is 441 g/mol. The number of fused-ring (bicyclic) bond motifs is 3. The van der Waals surface area contributed by atoms with Crippen molar-refractivity contribution in [3.05, 3.63) is 95.1 Å². The van der Waals surface area contributed by atoms with Gasteiger partial charge in [-0.2, -0.15) is 0 Å². The van der Waals surface area contributed by atoms with Crippen molar-refractivity contribution >= 4 is 12.1 Å². The highest BCUT2D eigenvalue weighted by molar-refractivity contribution is 5.82. The molecule has 5 rings (SSSR count). The Morgan fingerprint density at radius 1 is 0.909 bits per heavy atom. The van der Waals surface area contributed by atoms with Crippen LogP contribution in [-0.4, -0.2) is 41.8 Å². The molecular formula is C28H27NO4. The van der Waals surface area contributed by atoms with E-state index in [9.17, 15) is 14.7 Å². The normalized spacial score (nSPS) is 16.7. The van der Waals surface area contributed by atoms with E-state index in [1.165, 1.54) is 22.3 Å². The van der Waals surface area contributed by atoms with Gasteiger partial charge in [0.1, 0.15) is 6.61 Å². The summed E-state index contributed by atoms with van der Waals surface area (Å²) in [5.74, 6) is -0.824. The van der Waals surface area contributed by atoms with E-state index < -0.39 is 11.4 Å². The molecule has 0 radical (unpaired) electrons. The van der Waals surface area contributed by atoms with Gasteiger partial charge in [0.25, 0.3) is 0 Å². The summed E-state index contributed by atoms with van der Waals surface area (Å²) in [5.41, 5.74) is 5.66. The Morgan fingerprint density at radius 2 is 1.45 bits per heavy atom. The second-order valence-corrected chi connectivity index (χ2v) is 9.04. The van der Waals surface area contributed by atoms with Gasteiger partial charge in [-0.3, -0.25) is 4.79 Å². The van der Waals surface area contributed by atoms with E-state index in [1.54, 1.807) is 4.90 Å². The lowest BCUT2D eigenvalue weighted by molar-refractivity contribution is -0.145. The Morgan fingerprint density at radius 3 is 2.00 bits per heavy atom. The molecule has 1 saturated heterocycles. The molecule has 0 unspecified atom stereocenters. The van der Waals surface area contributed by atoms with Gasteiger partial charge in [0.05, 0.1) is 5.41 Å². The van der Waals surface area contributed by atoms with Crippen molar-refractivity contribution in [1.82, 2.24) is 4.90 Å². The number of aryl methyl sites for hydroxylation is 1. The second-order valence-electron chi connectivity index (χ2n) is 9.04. The van der Waals surface area contributed by atoms with Crippen LogP contribution < -0.4 is 0 Å². The topological polar surface area (TPSA) is 66.8 Å². The predicted octanol–water partition coefficient (Wildman–Crippen LogP) is 5.36. The Kier molecular flexibility index (Phi) is 5.41. The van der Waals surface area contributed by atoms with Gasteiger partial charge in [-0.05, 0) is 47.6 Å². The summed E-state index contributed by atoms with van der Waals surface area (Å²) in [4.78, 5) is 26.8. The molecule has 1 amide bonds. The van der Waals surface area contributed by atoms with Crippen molar-refractivity contribution < 1.29 is 19.4 Å². The number of carbonyl (C=O) groups excluding carboxylic acids is 1. The lowest BCUT2D eigenvalue weighted by Crippen LogP contribution is -2.49. The molecule has 1 aliphatic carbocycles. The van der Waals surface area contributed by atoms with Crippen LogP contribution in [0.15, 0.2) is 72.8 Å². The number of rotatable bonds is 4. The number of hydrogen-bond acceptors (Lipinski definition) is 3. The molecule has 1 N–H and O–H groups in total. The van der Waals surface area contributed by atoms with Crippen LogP contribution in [0.25, 0.3) is 11.1 Å². The Bertz CT molecular complexity index is 1150. The number of carboxylic acids is 1. The number of aliphatic carboxylic acids is 1. The molecule has 0 atom stereocenters. The van der Waals surface area contributed by atoms with Crippen LogP contribution in [0, 0.1) is 6.92 Å². The van der Waals surface area contributed by atoms with Crippen LogP contribution in [0.1, 0.15) is 41.0 Å². The maximum atomic E-state index is 12.9. The summed E-state index contributed by atoms with van der Waals surface area (Å²) in [7, 11) is 0. The number of carbonyl (C=O) groups is 2. The maximum Gasteiger partial charge on any atom is 0.409 e. The van der Waals surface area contributed by atoms with Crippen LogP contribution in [0.3, 0.4) is 0 Å². The first-order valence-corrected chi connectivity index (χ1v) is 11.4. The van der Waals surface area contributed by atoms with Gasteiger partial charge in [-0.1, -0.05) is 78.4 Å². The highest BCUT2D eigenvalue weighted by Gasteiger charge is 2.44. The molecule has 0 saturated carbocycles. The summed E-state index contributed by atoms with van der Waals surface area (Å²) >= 11 is 0. The molecule has 5 heteroatoms. The zero-order valence-corrected chi connectivity index (χ0v) is 18.7. The molecule has 0 aromatic heterocycles. The van der Waals surface area contributed by atoms with E-state index in [-0.39, 0.29) is 18.6 Å². The van der Waals surface area contributed by atoms with Crippen molar-refractivity contribution in [2.75, 3.05) is 19.7 Å². The third-order valence-corrected chi connectivity index (χ3v) is 7.22. The molecule has 0 spiro atoms. The zero-order chi connectivity index (χ0) is 23.0. The largest absolute Gasteiger partial charge is 0.481 e. The first-order chi connectivity index (χ1) is 16.0. The third-order valence-electron chi connectivity index (χ3n) is 7.22. The van der Waals surface area contributed by atoms with E-state index in [0.29, 0.717) is 25.9 Å². The molecule has 5 nitrogen and oxygen atoms in total. The Labute approximate surface area is 193 Å². The minimum atomic E-state index is -0.964. The Balaban J connectivity index is 1.27. The smallest absolute Gasteiger partial charge is 0.409 e. The number of nitrogens with zero attached hydrogens (tertiary/aromatic N) is 1. The average molecular weight is 442 g/mol. The van der Waals surface area contributed by atoms with Crippen molar-refractivity contribution in [2.24, 2.45) is 0 Å². The summed E-state index contributed by atoms with van der Waals surface area (Å²) in [5, 5.41) is 10.0. The molecule has 3 aromatic rings. The summed E-state index contributed by atoms with van der Waals surface area (Å²) in [6.45, 7) is 2.97. The van der Waals surface area contributed by atoms with Crippen molar-refractivity contribution in [1.29, 1.82) is 0 Å². The number of likely N-dealkylation sites (tertiary alicyclic amines) is 1. The van der Waals surface area contributed by atoms with E-state index >= 15 is 0 Å². The van der Waals surface area contributed by atoms with E-state index in [0.717, 1.165) is 11.1 Å². The zero-order valence-electron chi connectivity index (χ0n) is 18.7. The molecule has 33 heavy (non-hydrogen) atoms. The van der Waals surface area contributed by atoms with Gasteiger partial charge >= 0.3 is 12.1 Å². The number of ether oxygens (including phenoxy) is 1. The van der Waals surface area contributed by atoms with Crippen LogP contribution in [0.2, 0.25) is 0 Å². The molecule has 2 aliphatic rings. The highest BCUT2D eigenvalue weighted by atomic mass is 16.6. The summed E-state index contributed by atoms with van der Waals surface area (Å²) in [6, 6.07) is 24.2. The number of hydrogen-bond donors (Lipinski definition) is 1. The van der Waals surface area contributed by atoms with E-state index in [2.05, 4.69) is 24.3 Å². The van der Waals surface area contributed by atoms with Gasteiger partial charge in [-0.25, -0.2) is 4.79 Å². The summed E-state index contributed by atoms with van der Waals surface area (Å²) in [6.07, 6.45) is 0.366. The van der Waals surface area contributed by atoms with Gasteiger partial charge in [0, 0.05) is 19.0 Å². The minimum absolute atomic E-state index is 0.0109. The van der Waals surface area contributed by atoms with Gasteiger partial charge in [0.2, 0.25) is 0 Å². The number of piperidine rings is 1. The van der Waals surface area contributed by atoms with Crippen molar-refractivity contribution in [2.45, 2.75) is 31.1 Å². The fourth-order valence-corrected chi connectivity index (χ4v) is 5.25. The lowest BCUT2D eigenvalue weighted by atomic mass is 9.72. The molecule has 3 aromatic carbocycles. The van der Waals surface area contributed by atoms with E-state index in [4.69, 9.17) is 4.74 Å². The summed E-state index contributed by atoms with van der Waals surface area (Å²) < 4.78 is 5.77. The first kappa shape index (κ1) is 21.3. The quantitative estimate of drug-likeness (QED) is 0.592. The molecule has 0 bridgehead atoms. The lowest BCUT2D eigenvalue weighted by Gasteiger charge is -2.38. The van der Waals surface area contributed by atoms with Gasteiger partial charge in [0.15, 0.2) is 0 Å². The van der Waals surface area contributed by atoms with Gasteiger partial charge < -0.3 is 14.7 Å². The Hall–Kier alpha value is -3.60. The first-order valence-electron chi connectivity index (χ1n) is 11.4. The van der Waals surface area contributed by atoms with Crippen LogP contribution in [0.4, 0.5) is 4.79 Å². The van der Waals surface area contributed by atoms with E-state index in [1.807, 2.05) is 55.5 Å². The molecule has 168 valence electrons. The third kappa shape index (κ3) is 3.67. The van der Waals surface area contributed by atoms with Crippen molar-refractivity contribution in [3.8, 4) is 11.1 Å². The number of amides is 1. The van der Waals surface area contributed by atoms with Crippen LogP contribution >= 0.6 is 0 Å². The van der Waals surface area contributed by atoms with Crippen molar-refractivity contribution in [3.63, 3.8) is 0 Å². The number of carboxylic acid groups (broad SMARTS) is 1. The molecule has 1 aliphatic heterocycles. The fraction of sp³-hybridized carbons (Fsp3) is 0.286. The predicted molar refractivity (Wildman–Crippen MR) is 126 cm³/mol.